The third-order valence-corrected chi connectivity index (χ3v) is 3.48. The fourth-order valence-corrected chi connectivity index (χ4v) is 2.57. The average Bonchev–Trinajstić information content (AvgIpc) is 2.76. The van der Waals surface area contributed by atoms with Crippen LogP contribution in [0, 0.1) is 17.8 Å². The summed E-state index contributed by atoms with van der Waals surface area (Å²) >= 11 is 0. The maximum Gasteiger partial charge on any atom is 0.227 e. The van der Waals surface area contributed by atoms with Crippen LogP contribution in [0.1, 0.15) is 19.3 Å². The average molecular weight is 163 g/mol. The summed E-state index contributed by atoms with van der Waals surface area (Å²) in [4.78, 5) is 11.4. The van der Waals surface area contributed by atoms with Crippen molar-refractivity contribution in [2.75, 3.05) is 0 Å². The van der Waals surface area contributed by atoms with E-state index in [1.54, 1.807) is 0 Å². The zero-order chi connectivity index (χ0) is 8.13. The predicted molar refractivity (Wildman–Crippen MR) is 45.4 cm³/mol. The second-order valence-corrected chi connectivity index (χ2v) is 4.26. The number of hydrogen-bond acceptors (Lipinski definition) is 1. The third-order valence-electron chi connectivity index (χ3n) is 3.48. The second-order valence-electron chi connectivity index (χ2n) is 4.26. The highest BCUT2D eigenvalue weighted by atomic mass is 16.2. The van der Waals surface area contributed by atoms with Crippen molar-refractivity contribution in [1.29, 1.82) is 0 Å². The molecule has 2 aliphatic heterocycles. The first-order chi connectivity index (χ1) is 5.84. The van der Waals surface area contributed by atoms with Gasteiger partial charge >= 0.3 is 0 Å². The molecule has 2 heterocycles. The zero-order valence-electron chi connectivity index (χ0n) is 6.99. The summed E-state index contributed by atoms with van der Waals surface area (Å²) in [6, 6.07) is 0.374. The van der Waals surface area contributed by atoms with Crippen LogP contribution in [0.4, 0.5) is 0 Å². The summed E-state index contributed by atoms with van der Waals surface area (Å²) < 4.78 is 0. The minimum absolute atomic E-state index is 0.183. The number of fused-ring (bicyclic) bond motifs is 2. The van der Waals surface area contributed by atoms with E-state index in [9.17, 15) is 4.79 Å². The van der Waals surface area contributed by atoms with Crippen LogP contribution in [0.3, 0.4) is 0 Å². The summed E-state index contributed by atoms with van der Waals surface area (Å²) in [5, 5.41) is 3.08. The Kier molecular flexibility index (Phi) is 1.18. The molecule has 1 saturated carbocycles. The first kappa shape index (κ1) is 6.70. The quantitative estimate of drug-likeness (QED) is 0.532. The molecule has 0 aromatic rings. The van der Waals surface area contributed by atoms with Crippen LogP contribution in [0.25, 0.3) is 0 Å². The molecular weight excluding hydrogens is 150 g/mol. The Morgan fingerprint density at radius 1 is 1.33 bits per heavy atom. The molecule has 1 saturated heterocycles. The Hall–Kier alpha value is -0.790. The van der Waals surface area contributed by atoms with Crippen LogP contribution < -0.4 is 5.32 Å². The summed E-state index contributed by atoms with van der Waals surface area (Å²) in [6.07, 6.45) is 7.98. The third kappa shape index (κ3) is 0.838. The van der Waals surface area contributed by atoms with Gasteiger partial charge in [-0.3, -0.25) is 4.79 Å². The Bertz CT molecular complexity index is 259. The molecule has 1 N–H and O–H groups in total. The molecule has 1 amide bonds. The minimum atomic E-state index is 0.183. The van der Waals surface area contributed by atoms with Gasteiger partial charge in [-0.15, -0.1) is 0 Å². The van der Waals surface area contributed by atoms with Gasteiger partial charge in [0.05, 0.1) is 12.0 Å². The highest BCUT2D eigenvalue weighted by Crippen LogP contribution is 2.48. The molecule has 4 aliphatic rings. The second kappa shape index (κ2) is 2.12. The smallest absolute Gasteiger partial charge is 0.227 e. The van der Waals surface area contributed by atoms with Gasteiger partial charge in [0.1, 0.15) is 0 Å². The molecule has 4 atom stereocenters. The Balaban J connectivity index is 1.93. The Morgan fingerprint density at radius 3 is 3.08 bits per heavy atom. The van der Waals surface area contributed by atoms with E-state index in [2.05, 4.69) is 17.5 Å². The van der Waals surface area contributed by atoms with Gasteiger partial charge in [0.25, 0.3) is 0 Å². The highest BCUT2D eigenvalue weighted by Gasteiger charge is 2.46. The molecule has 2 nitrogen and oxygen atoms in total. The number of rotatable bonds is 0. The van der Waals surface area contributed by atoms with Crippen molar-refractivity contribution in [3.8, 4) is 0 Å². The molecule has 12 heavy (non-hydrogen) atoms. The SMILES string of the molecule is O=C1N[C@@H]2C=C[C@H]1CC[C@@H]1C[C@@H]12. The van der Waals surface area contributed by atoms with E-state index < -0.39 is 0 Å². The number of nitrogens with one attached hydrogen (secondary N) is 1. The molecule has 2 heteroatoms. The lowest BCUT2D eigenvalue weighted by Crippen LogP contribution is -2.43. The van der Waals surface area contributed by atoms with E-state index in [0.717, 1.165) is 18.3 Å². The summed E-state index contributed by atoms with van der Waals surface area (Å²) in [5.41, 5.74) is 0. The topological polar surface area (TPSA) is 29.1 Å². The van der Waals surface area contributed by atoms with Crippen LogP contribution in [-0.4, -0.2) is 11.9 Å². The molecule has 0 radical (unpaired) electrons. The van der Waals surface area contributed by atoms with Crippen molar-refractivity contribution in [2.45, 2.75) is 25.3 Å². The number of hydrogen-bond donors (Lipinski definition) is 1. The van der Waals surface area contributed by atoms with Gasteiger partial charge in [0.15, 0.2) is 0 Å². The molecule has 2 fully saturated rings. The molecule has 64 valence electrons. The number of amides is 1. The van der Waals surface area contributed by atoms with Crippen molar-refractivity contribution in [3.63, 3.8) is 0 Å². The lowest BCUT2D eigenvalue weighted by atomic mass is 9.90. The lowest BCUT2D eigenvalue weighted by Gasteiger charge is -2.26. The van der Waals surface area contributed by atoms with Gasteiger partial charge in [-0.1, -0.05) is 12.2 Å². The molecule has 0 spiro atoms. The number of carbonyl (C=O) groups is 1. The van der Waals surface area contributed by atoms with Gasteiger partial charge in [-0.05, 0) is 31.1 Å². The van der Waals surface area contributed by atoms with Crippen LogP contribution in [0.5, 0.6) is 0 Å². The normalized spacial score (nSPS) is 49.2. The van der Waals surface area contributed by atoms with E-state index in [4.69, 9.17) is 0 Å². The van der Waals surface area contributed by atoms with Crippen molar-refractivity contribution in [1.82, 2.24) is 5.32 Å². The molecule has 2 aliphatic carbocycles. The van der Waals surface area contributed by atoms with Gasteiger partial charge in [-0.25, -0.2) is 0 Å². The molecule has 0 aromatic heterocycles. The number of carbonyl (C=O) groups excluding carboxylic acids is 1. The first-order valence-corrected chi connectivity index (χ1v) is 4.83. The van der Waals surface area contributed by atoms with Crippen LogP contribution >= 0.6 is 0 Å². The van der Waals surface area contributed by atoms with Gasteiger partial charge < -0.3 is 5.32 Å². The van der Waals surface area contributed by atoms with Crippen LogP contribution in [0.15, 0.2) is 12.2 Å². The van der Waals surface area contributed by atoms with Crippen molar-refractivity contribution in [2.24, 2.45) is 17.8 Å². The van der Waals surface area contributed by atoms with E-state index in [-0.39, 0.29) is 11.8 Å². The van der Waals surface area contributed by atoms with E-state index >= 15 is 0 Å². The Labute approximate surface area is 72.0 Å². The van der Waals surface area contributed by atoms with E-state index in [1.807, 2.05) is 0 Å². The summed E-state index contributed by atoms with van der Waals surface area (Å²) in [6.45, 7) is 0. The molecule has 2 bridgehead atoms. The molecule has 0 unspecified atom stereocenters. The van der Waals surface area contributed by atoms with E-state index in [1.165, 1.54) is 12.8 Å². The maximum absolute atomic E-state index is 11.4. The highest BCUT2D eigenvalue weighted by molar-refractivity contribution is 5.82. The fraction of sp³-hybridized carbons (Fsp3) is 0.700. The molecule has 4 rings (SSSR count). The van der Waals surface area contributed by atoms with Gasteiger partial charge in [0.2, 0.25) is 5.91 Å². The Morgan fingerprint density at radius 2 is 2.25 bits per heavy atom. The van der Waals surface area contributed by atoms with Gasteiger partial charge in [-0.2, -0.15) is 0 Å². The van der Waals surface area contributed by atoms with Crippen molar-refractivity contribution < 1.29 is 4.79 Å². The van der Waals surface area contributed by atoms with Crippen molar-refractivity contribution >= 4 is 5.91 Å². The predicted octanol–water partition coefficient (Wildman–Crippen LogP) is 1.09. The maximum atomic E-state index is 11.4. The van der Waals surface area contributed by atoms with Crippen LogP contribution in [0.2, 0.25) is 0 Å². The zero-order valence-corrected chi connectivity index (χ0v) is 6.99. The lowest BCUT2D eigenvalue weighted by molar-refractivity contribution is -0.125. The molecule has 0 aromatic carbocycles. The van der Waals surface area contributed by atoms with Gasteiger partial charge in [0, 0.05) is 0 Å². The first-order valence-electron chi connectivity index (χ1n) is 4.83. The monoisotopic (exact) mass is 163 g/mol. The standard InChI is InChI=1S/C10H13NO/c12-10-6-1-2-7-5-8(7)9(11-10)4-3-6/h3-4,6-9H,1-2,5H2,(H,11,12)/t6-,7-,8+,9-/m1/s1. The van der Waals surface area contributed by atoms with E-state index in [0.29, 0.717) is 6.04 Å². The van der Waals surface area contributed by atoms with Crippen LogP contribution in [-0.2, 0) is 4.79 Å². The fourth-order valence-electron chi connectivity index (χ4n) is 2.57. The minimum Gasteiger partial charge on any atom is -0.349 e. The van der Waals surface area contributed by atoms with Crippen molar-refractivity contribution in [3.05, 3.63) is 12.2 Å². The largest absolute Gasteiger partial charge is 0.349 e. The molecular formula is C10H13NO. The summed E-state index contributed by atoms with van der Waals surface area (Å²) in [5.74, 6) is 2.13. The summed E-state index contributed by atoms with van der Waals surface area (Å²) in [7, 11) is 0.